The van der Waals surface area contributed by atoms with Crippen LogP contribution in [0.5, 0.6) is 0 Å². The summed E-state index contributed by atoms with van der Waals surface area (Å²) in [6.07, 6.45) is 0. The Balaban J connectivity index is 3.10. The number of hydrogen-bond donors (Lipinski definition) is 0. The molecule has 0 aliphatic heterocycles. The minimum Gasteiger partial charge on any atom is -0.297 e. The Morgan fingerprint density at radius 2 is 1.90 bits per heavy atom. The fourth-order valence-electron chi connectivity index (χ4n) is 1.43. The van der Waals surface area contributed by atoms with Gasteiger partial charge in [-0.25, -0.2) is 8.42 Å². The van der Waals surface area contributed by atoms with Gasteiger partial charge in [0.1, 0.15) is 0 Å². The van der Waals surface area contributed by atoms with Crippen LogP contribution in [0.3, 0.4) is 0 Å². The molecule has 0 amide bonds. The van der Waals surface area contributed by atoms with E-state index < -0.39 is 26.8 Å². The average molecular weight is 321 g/mol. The smallest absolute Gasteiger partial charge is 0.269 e. The number of non-ortho nitro benzene ring substituents is 1. The van der Waals surface area contributed by atoms with Crippen LogP contribution >= 0.6 is 11.6 Å². The van der Waals surface area contributed by atoms with Crippen molar-refractivity contribution in [2.24, 2.45) is 0 Å². The molecule has 9 heteroatoms. The van der Waals surface area contributed by atoms with Crippen LogP contribution in [0.25, 0.3) is 0 Å². The number of carbonyl (C=O) groups is 1. The van der Waals surface area contributed by atoms with Gasteiger partial charge >= 0.3 is 0 Å². The molecule has 0 aromatic heterocycles. The van der Waals surface area contributed by atoms with Gasteiger partial charge in [-0.15, -0.1) is 11.6 Å². The predicted octanol–water partition coefficient (Wildman–Crippen LogP) is 1.41. The van der Waals surface area contributed by atoms with Crippen molar-refractivity contribution < 1.29 is 18.1 Å². The van der Waals surface area contributed by atoms with Crippen molar-refractivity contribution >= 4 is 33.1 Å². The summed E-state index contributed by atoms with van der Waals surface area (Å²) in [6, 6.07) is 3.53. The first-order valence-corrected chi connectivity index (χ1v) is 7.50. The molecule has 7 nitrogen and oxygen atoms in total. The normalized spacial score (nSPS) is 13.2. The number of alkyl halides is 1. The lowest BCUT2D eigenvalue weighted by atomic mass is 10.2. The molecule has 0 heterocycles. The number of benzene rings is 1. The summed E-state index contributed by atoms with van der Waals surface area (Å²) in [5.74, 6) is -0.721. The number of rotatable bonds is 6. The molecule has 0 spiro atoms. The molecular weight excluding hydrogens is 308 g/mol. The van der Waals surface area contributed by atoms with E-state index in [2.05, 4.69) is 0 Å². The van der Waals surface area contributed by atoms with Gasteiger partial charge in [-0.05, 0) is 19.1 Å². The average Bonchev–Trinajstić information content (AvgIpc) is 2.44. The van der Waals surface area contributed by atoms with Gasteiger partial charge in [-0.2, -0.15) is 4.31 Å². The molecule has 0 bridgehead atoms. The molecule has 0 fully saturated rings. The Bertz CT molecular complexity index is 614. The highest BCUT2D eigenvalue weighted by Gasteiger charge is 2.29. The number of likely N-dealkylation sites (N-methyl/N-ethyl adjacent to an activating group) is 1. The Labute approximate surface area is 121 Å². The minimum atomic E-state index is -3.90. The van der Waals surface area contributed by atoms with Gasteiger partial charge in [-0.1, -0.05) is 0 Å². The molecule has 1 atom stereocenters. The molecule has 0 N–H and O–H groups in total. The van der Waals surface area contributed by atoms with Gasteiger partial charge in [-0.3, -0.25) is 14.9 Å². The van der Waals surface area contributed by atoms with Gasteiger partial charge in [0.2, 0.25) is 10.0 Å². The standard InChI is InChI=1S/C11H13ClN2O5S/c1-8(11(15)7-12)13(2)20(18,19)10-5-3-9(4-6-10)14(16)17/h3-6,8H,7H2,1-2H3. The van der Waals surface area contributed by atoms with E-state index in [0.717, 1.165) is 28.6 Å². The molecule has 0 saturated carbocycles. The Morgan fingerprint density at radius 1 is 1.40 bits per heavy atom. The maximum Gasteiger partial charge on any atom is 0.269 e. The van der Waals surface area contributed by atoms with Gasteiger partial charge in [0, 0.05) is 19.2 Å². The third-order valence-corrected chi connectivity index (χ3v) is 5.07. The van der Waals surface area contributed by atoms with Gasteiger partial charge in [0.15, 0.2) is 5.78 Å². The highest BCUT2D eigenvalue weighted by Crippen LogP contribution is 2.20. The molecule has 0 saturated heterocycles. The van der Waals surface area contributed by atoms with Crippen molar-refractivity contribution in [3.63, 3.8) is 0 Å². The van der Waals surface area contributed by atoms with Gasteiger partial charge < -0.3 is 0 Å². The number of nitro benzene ring substituents is 1. The summed E-state index contributed by atoms with van der Waals surface area (Å²) >= 11 is 5.40. The number of nitrogens with zero attached hydrogens (tertiary/aromatic N) is 2. The largest absolute Gasteiger partial charge is 0.297 e. The van der Waals surface area contributed by atoms with Crippen LogP contribution in [0, 0.1) is 10.1 Å². The lowest BCUT2D eigenvalue weighted by Crippen LogP contribution is -2.40. The second-order valence-electron chi connectivity index (χ2n) is 4.05. The van der Waals surface area contributed by atoms with E-state index in [4.69, 9.17) is 11.6 Å². The molecule has 0 aliphatic carbocycles. The zero-order valence-electron chi connectivity index (χ0n) is 10.8. The fraction of sp³-hybridized carbons (Fsp3) is 0.364. The van der Waals surface area contributed by atoms with Crippen molar-refractivity contribution in [1.82, 2.24) is 4.31 Å². The van der Waals surface area contributed by atoms with Crippen molar-refractivity contribution in [3.8, 4) is 0 Å². The molecule has 0 radical (unpaired) electrons. The lowest BCUT2D eigenvalue weighted by Gasteiger charge is -2.22. The summed E-state index contributed by atoms with van der Waals surface area (Å²) in [4.78, 5) is 21.2. The summed E-state index contributed by atoms with van der Waals surface area (Å²) in [5.41, 5.74) is -0.212. The summed E-state index contributed by atoms with van der Waals surface area (Å²) in [7, 11) is -2.65. The molecule has 1 aromatic rings. The molecule has 1 unspecified atom stereocenters. The third kappa shape index (κ3) is 3.33. The topological polar surface area (TPSA) is 97.6 Å². The first kappa shape index (κ1) is 16.5. The number of hydrogen-bond acceptors (Lipinski definition) is 5. The minimum absolute atomic E-state index is 0.125. The van der Waals surface area contributed by atoms with E-state index in [1.807, 2.05) is 0 Å². The number of nitro groups is 1. The Hall–Kier alpha value is -1.51. The molecule has 110 valence electrons. The van der Waals surface area contributed by atoms with Gasteiger partial charge in [0.05, 0.1) is 21.7 Å². The van der Waals surface area contributed by atoms with Crippen LogP contribution in [-0.2, 0) is 14.8 Å². The molecular formula is C11H13ClN2O5S. The van der Waals surface area contributed by atoms with E-state index in [-0.39, 0.29) is 16.5 Å². The van der Waals surface area contributed by atoms with Crippen LogP contribution in [0.4, 0.5) is 5.69 Å². The quantitative estimate of drug-likeness (QED) is 0.448. The number of sulfonamides is 1. The maximum absolute atomic E-state index is 12.2. The van der Waals surface area contributed by atoms with Crippen LogP contribution in [0.2, 0.25) is 0 Å². The van der Waals surface area contributed by atoms with Crippen molar-refractivity contribution in [3.05, 3.63) is 34.4 Å². The molecule has 20 heavy (non-hydrogen) atoms. The van der Waals surface area contributed by atoms with E-state index in [9.17, 15) is 23.3 Å². The van der Waals surface area contributed by atoms with Crippen LogP contribution in [0.1, 0.15) is 6.92 Å². The highest BCUT2D eigenvalue weighted by atomic mass is 35.5. The van der Waals surface area contributed by atoms with E-state index in [1.165, 1.54) is 14.0 Å². The number of ketones is 1. The summed E-state index contributed by atoms with van der Waals surface area (Å²) in [5, 5.41) is 10.5. The highest BCUT2D eigenvalue weighted by molar-refractivity contribution is 7.89. The van der Waals surface area contributed by atoms with Crippen LogP contribution in [0.15, 0.2) is 29.2 Å². The van der Waals surface area contributed by atoms with Gasteiger partial charge in [0.25, 0.3) is 5.69 Å². The van der Waals surface area contributed by atoms with Crippen molar-refractivity contribution in [2.45, 2.75) is 17.9 Å². The van der Waals surface area contributed by atoms with E-state index in [0.29, 0.717) is 0 Å². The molecule has 1 rings (SSSR count). The van der Waals surface area contributed by atoms with Crippen LogP contribution in [-0.4, -0.2) is 42.4 Å². The second-order valence-corrected chi connectivity index (χ2v) is 6.31. The first-order valence-electron chi connectivity index (χ1n) is 5.53. The lowest BCUT2D eigenvalue weighted by molar-refractivity contribution is -0.384. The van der Waals surface area contributed by atoms with Crippen molar-refractivity contribution in [2.75, 3.05) is 12.9 Å². The zero-order valence-corrected chi connectivity index (χ0v) is 12.4. The number of Topliss-reactive ketones (excluding diaryl/α,β-unsaturated/α-hetero) is 1. The summed E-state index contributed by atoms with van der Waals surface area (Å²) < 4.78 is 25.4. The second kappa shape index (κ2) is 6.29. The number of carbonyl (C=O) groups excluding carboxylic acids is 1. The third-order valence-electron chi connectivity index (χ3n) is 2.87. The molecule has 1 aromatic carbocycles. The SMILES string of the molecule is CC(C(=O)CCl)N(C)S(=O)(=O)c1ccc([N+](=O)[O-])cc1. The Morgan fingerprint density at radius 3 is 2.30 bits per heavy atom. The summed E-state index contributed by atoms with van der Waals surface area (Å²) in [6.45, 7) is 1.42. The molecule has 0 aliphatic rings. The maximum atomic E-state index is 12.2. The van der Waals surface area contributed by atoms with Crippen LogP contribution < -0.4 is 0 Å². The predicted molar refractivity (Wildman–Crippen MR) is 73.2 cm³/mol. The monoisotopic (exact) mass is 320 g/mol. The van der Waals surface area contributed by atoms with E-state index in [1.54, 1.807) is 0 Å². The Kier molecular flexibility index (Phi) is 5.21. The van der Waals surface area contributed by atoms with Crippen molar-refractivity contribution in [1.29, 1.82) is 0 Å². The zero-order chi connectivity index (χ0) is 15.5. The fourth-order valence-corrected chi connectivity index (χ4v) is 3.00. The van der Waals surface area contributed by atoms with E-state index >= 15 is 0 Å². The first-order chi connectivity index (χ1) is 9.21. The number of halogens is 1.